The maximum Gasteiger partial charge on any atom is 0.227 e. The number of halogens is 2. The lowest BCUT2D eigenvalue weighted by molar-refractivity contribution is -0.131. The summed E-state index contributed by atoms with van der Waals surface area (Å²) in [4.78, 5) is 14.4. The molecule has 4 nitrogen and oxygen atoms in total. The fraction of sp³-hybridized carbons (Fsp3) is 0.278. The molecule has 1 saturated heterocycles. The van der Waals surface area contributed by atoms with Crippen LogP contribution in [0.5, 0.6) is 0 Å². The lowest BCUT2D eigenvalue weighted by Crippen LogP contribution is -2.46. The highest BCUT2D eigenvalue weighted by Gasteiger charge is 2.18. The topological polar surface area (TPSA) is 44.4 Å². The number of carbonyl (C=O) groups is 1. The van der Waals surface area contributed by atoms with Gasteiger partial charge in [0.2, 0.25) is 5.91 Å². The fourth-order valence-electron chi connectivity index (χ4n) is 2.74. The predicted molar refractivity (Wildman–Crippen MR) is 99.3 cm³/mol. The van der Waals surface area contributed by atoms with Crippen molar-refractivity contribution in [3.63, 3.8) is 0 Å². The molecule has 2 N–H and O–H groups in total. The molecule has 2 aromatic rings. The van der Waals surface area contributed by atoms with Gasteiger partial charge < -0.3 is 15.5 Å². The first-order chi connectivity index (χ1) is 11.6. The van der Waals surface area contributed by atoms with Crippen molar-refractivity contribution in [2.75, 3.05) is 31.5 Å². The first-order valence-corrected chi connectivity index (χ1v) is 8.68. The largest absolute Gasteiger partial charge is 0.353 e. The third-order valence-electron chi connectivity index (χ3n) is 4.05. The van der Waals surface area contributed by atoms with Crippen LogP contribution in [0.25, 0.3) is 0 Å². The number of anilines is 2. The highest BCUT2D eigenvalue weighted by atomic mass is 35.5. The van der Waals surface area contributed by atoms with E-state index in [0.29, 0.717) is 22.2 Å². The molecular weight excluding hydrogens is 345 g/mol. The Morgan fingerprint density at radius 1 is 1.04 bits per heavy atom. The normalized spacial score (nSPS) is 14.5. The lowest BCUT2D eigenvalue weighted by Gasteiger charge is -2.27. The molecule has 3 rings (SSSR count). The standard InChI is InChI=1S/C18H19Cl2N3O/c19-14-5-3-6-15(20)18(14)22-16-7-2-1-4-13(16)12-17(24)23-10-8-21-9-11-23/h1-7,21-22H,8-12H2. The van der Waals surface area contributed by atoms with Gasteiger partial charge in [0.25, 0.3) is 0 Å². The Morgan fingerprint density at radius 3 is 2.42 bits per heavy atom. The van der Waals surface area contributed by atoms with Crippen LogP contribution in [0.15, 0.2) is 42.5 Å². The van der Waals surface area contributed by atoms with Crippen LogP contribution in [0.4, 0.5) is 11.4 Å². The Balaban J connectivity index is 1.79. The zero-order valence-corrected chi connectivity index (χ0v) is 14.7. The van der Waals surface area contributed by atoms with Crippen LogP contribution in [-0.4, -0.2) is 37.0 Å². The van der Waals surface area contributed by atoms with Gasteiger partial charge in [-0.05, 0) is 23.8 Å². The lowest BCUT2D eigenvalue weighted by atomic mass is 10.1. The first kappa shape index (κ1) is 17.1. The van der Waals surface area contributed by atoms with Gasteiger partial charge in [-0.15, -0.1) is 0 Å². The van der Waals surface area contributed by atoms with Gasteiger partial charge in [0.15, 0.2) is 0 Å². The van der Waals surface area contributed by atoms with E-state index in [1.54, 1.807) is 18.2 Å². The molecule has 24 heavy (non-hydrogen) atoms. The highest BCUT2D eigenvalue weighted by Crippen LogP contribution is 2.33. The van der Waals surface area contributed by atoms with Crippen LogP contribution in [0.1, 0.15) is 5.56 Å². The van der Waals surface area contributed by atoms with E-state index in [4.69, 9.17) is 23.2 Å². The molecule has 1 amide bonds. The molecule has 2 aromatic carbocycles. The third-order valence-corrected chi connectivity index (χ3v) is 4.68. The van der Waals surface area contributed by atoms with Crippen molar-refractivity contribution in [1.82, 2.24) is 10.2 Å². The minimum absolute atomic E-state index is 0.135. The molecule has 1 aliphatic heterocycles. The molecule has 126 valence electrons. The maximum atomic E-state index is 12.5. The smallest absolute Gasteiger partial charge is 0.227 e. The van der Waals surface area contributed by atoms with Crippen LogP contribution in [0, 0.1) is 0 Å². The van der Waals surface area contributed by atoms with Crippen molar-refractivity contribution in [2.24, 2.45) is 0 Å². The molecule has 0 aliphatic carbocycles. The van der Waals surface area contributed by atoms with Gasteiger partial charge in [-0.2, -0.15) is 0 Å². The number of hydrogen-bond donors (Lipinski definition) is 2. The summed E-state index contributed by atoms with van der Waals surface area (Å²) >= 11 is 12.5. The van der Waals surface area contributed by atoms with Crippen LogP contribution in [-0.2, 0) is 11.2 Å². The van der Waals surface area contributed by atoms with Crippen LogP contribution in [0.2, 0.25) is 10.0 Å². The number of amides is 1. The molecule has 1 heterocycles. The number of benzene rings is 2. The summed E-state index contributed by atoms with van der Waals surface area (Å²) < 4.78 is 0. The van der Waals surface area contributed by atoms with E-state index >= 15 is 0 Å². The summed E-state index contributed by atoms with van der Waals surface area (Å²) in [7, 11) is 0. The van der Waals surface area contributed by atoms with E-state index in [9.17, 15) is 4.79 Å². The minimum atomic E-state index is 0.135. The molecule has 0 bridgehead atoms. The van der Waals surface area contributed by atoms with E-state index in [1.165, 1.54) is 0 Å². The van der Waals surface area contributed by atoms with Crippen molar-refractivity contribution in [3.05, 3.63) is 58.1 Å². The molecule has 0 unspecified atom stereocenters. The van der Waals surface area contributed by atoms with Crippen LogP contribution >= 0.6 is 23.2 Å². The van der Waals surface area contributed by atoms with Crippen molar-refractivity contribution in [2.45, 2.75) is 6.42 Å². The highest BCUT2D eigenvalue weighted by molar-refractivity contribution is 6.39. The van der Waals surface area contributed by atoms with Gasteiger partial charge in [-0.1, -0.05) is 47.5 Å². The summed E-state index contributed by atoms with van der Waals surface area (Å²) in [5, 5.41) is 7.62. The molecule has 0 atom stereocenters. The second kappa shape index (κ2) is 7.88. The average molecular weight is 364 g/mol. The molecule has 1 fully saturated rings. The molecule has 0 saturated carbocycles. The number of piperazine rings is 1. The average Bonchev–Trinajstić information content (AvgIpc) is 2.60. The van der Waals surface area contributed by atoms with Gasteiger partial charge in [0, 0.05) is 31.9 Å². The summed E-state index contributed by atoms with van der Waals surface area (Å²) in [5.74, 6) is 0.135. The van der Waals surface area contributed by atoms with Crippen molar-refractivity contribution < 1.29 is 4.79 Å². The Labute approximate surface area is 151 Å². The Kier molecular flexibility index (Phi) is 5.61. The van der Waals surface area contributed by atoms with Crippen LogP contribution in [0.3, 0.4) is 0 Å². The van der Waals surface area contributed by atoms with Gasteiger partial charge >= 0.3 is 0 Å². The second-order valence-electron chi connectivity index (χ2n) is 5.69. The SMILES string of the molecule is O=C(Cc1ccccc1Nc1c(Cl)cccc1Cl)N1CCNCC1. The van der Waals surface area contributed by atoms with E-state index < -0.39 is 0 Å². The Hall–Kier alpha value is -1.75. The third kappa shape index (κ3) is 4.01. The summed E-state index contributed by atoms with van der Waals surface area (Å²) in [6.07, 6.45) is 0.352. The molecule has 0 radical (unpaired) electrons. The van der Waals surface area contributed by atoms with Crippen molar-refractivity contribution in [3.8, 4) is 0 Å². The fourth-order valence-corrected chi connectivity index (χ4v) is 3.23. The number of carbonyl (C=O) groups excluding carboxylic acids is 1. The summed E-state index contributed by atoms with van der Waals surface area (Å²) in [6, 6.07) is 13.1. The van der Waals surface area contributed by atoms with Gasteiger partial charge in [0.05, 0.1) is 22.2 Å². The molecule has 0 aromatic heterocycles. The number of nitrogens with zero attached hydrogens (tertiary/aromatic N) is 1. The van der Waals surface area contributed by atoms with E-state index in [-0.39, 0.29) is 5.91 Å². The molecule has 6 heteroatoms. The van der Waals surface area contributed by atoms with Gasteiger partial charge in [-0.3, -0.25) is 4.79 Å². The number of para-hydroxylation sites is 2. The zero-order chi connectivity index (χ0) is 16.9. The van der Waals surface area contributed by atoms with Crippen molar-refractivity contribution >= 4 is 40.5 Å². The summed E-state index contributed by atoms with van der Waals surface area (Å²) in [5.41, 5.74) is 2.43. The predicted octanol–water partition coefficient (Wildman–Crippen LogP) is 3.71. The minimum Gasteiger partial charge on any atom is -0.353 e. The molecular formula is C18H19Cl2N3O. The maximum absolute atomic E-state index is 12.5. The Morgan fingerprint density at radius 2 is 1.71 bits per heavy atom. The zero-order valence-electron chi connectivity index (χ0n) is 13.2. The van der Waals surface area contributed by atoms with Crippen LogP contribution < -0.4 is 10.6 Å². The molecule has 1 aliphatic rings. The number of hydrogen-bond acceptors (Lipinski definition) is 3. The first-order valence-electron chi connectivity index (χ1n) is 7.92. The number of nitrogens with one attached hydrogen (secondary N) is 2. The van der Waals surface area contributed by atoms with E-state index in [1.807, 2.05) is 29.2 Å². The summed E-state index contributed by atoms with van der Waals surface area (Å²) in [6.45, 7) is 3.21. The Bertz CT molecular complexity index is 710. The van der Waals surface area contributed by atoms with E-state index in [2.05, 4.69) is 10.6 Å². The van der Waals surface area contributed by atoms with Crippen molar-refractivity contribution in [1.29, 1.82) is 0 Å². The molecule has 0 spiro atoms. The quantitative estimate of drug-likeness (QED) is 0.869. The number of rotatable bonds is 4. The van der Waals surface area contributed by atoms with E-state index in [0.717, 1.165) is 37.4 Å². The second-order valence-corrected chi connectivity index (χ2v) is 6.50. The van der Waals surface area contributed by atoms with Gasteiger partial charge in [0.1, 0.15) is 0 Å². The monoisotopic (exact) mass is 363 g/mol. The van der Waals surface area contributed by atoms with Gasteiger partial charge in [-0.25, -0.2) is 0 Å².